The van der Waals surface area contributed by atoms with E-state index < -0.39 is 5.82 Å². The van der Waals surface area contributed by atoms with Gasteiger partial charge in [0, 0.05) is 24.4 Å². The molecule has 8 nitrogen and oxygen atoms in total. The van der Waals surface area contributed by atoms with Gasteiger partial charge in [0.15, 0.2) is 5.82 Å². The second-order valence-electron chi connectivity index (χ2n) is 5.51. The van der Waals surface area contributed by atoms with E-state index in [0.29, 0.717) is 30.1 Å². The number of benzene rings is 1. The second kappa shape index (κ2) is 8.17. The number of nitrogens with two attached hydrogens (primary N) is 1. The third-order valence-corrected chi connectivity index (χ3v) is 3.66. The molecule has 0 aliphatic rings. The van der Waals surface area contributed by atoms with E-state index in [1.165, 1.54) is 11.0 Å². The number of pyridine rings is 1. The molecule has 3 N–H and O–H groups in total. The van der Waals surface area contributed by atoms with Crippen LogP contribution >= 0.6 is 11.6 Å². The summed E-state index contributed by atoms with van der Waals surface area (Å²) in [5, 5.41) is 21.2. The Morgan fingerprint density at radius 2 is 2.08 bits per heavy atom. The van der Waals surface area contributed by atoms with Gasteiger partial charge in [-0.1, -0.05) is 11.6 Å². The number of halogens is 2. The summed E-state index contributed by atoms with van der Waals surface area (Å²) in [7, 11) is 0. The molecule has 0 fully saturated rings. The summed E-state index contributed by atoms with van der Waals surface area (Å²) < 4.78 is 19.1. The van der Waals surface area contributed by atoms with E-state index in [-0.39, 0.29) is 23.6 Å². The number of tetrazole rings is 1. The number of ether oxygens (including phenoxy) is 1. The van der Waals surface area contributed by atoms with Crippen LogP contribution in [0.2, 0.25) is 5.02 Å². The van der Waals surface area contributed by atoms with E-state index in [0.717, 1.165) is 6.07 Å². The van der Waals surface area contributed by atoms with E-state index in [1.54, 1.807) is 24.3 Å². The third-order valence-electron chi connectivity index (χ3n) is 3.45. The Morgan fingerprint density at radius 3 is 2.77 bits per heavy atom. The molecule has 2 heterocycles. The topological polar surface area (TPSA) is 112 Å². The highest BCUT2D eigenvalue weighted by molar-refractivity contribution is 6.30. The Labute approximate surface area is 153 Å². The van der Waals surface area contributed by atoms with Crippen LogP contribution in [0.15, 0.2) is 36.5 Å². The molecule has 0 amide bonds. The minimum absolute atomic E-state index is 0.00720. The number of aliphatic hydroxyl groups excluding tert-OH is 1. The normalized spacial score (nSPS) is 12.2. The lowest BCUT2D eigenvalue weighted by Crippen LogP contribution is -2.28. The van der Waals surface area contributed by atoms with Crippen LogP contribution in [-0.2, 0) is 6.54 Å². The molecule has 0 saturated carbocycles. The molecular formula is C16H16ClFN6O2. The van der Waals surface area contributed by atoms with Gasteiger partial charge >= 0.3 is 0 Å². The van der Waals surface area contributed by atoms with Gasteiger partial charge in [0.05, 0.1) is 11.6 Å². The molecule has 1 atom stereocenters. The van der Waals surface area contributed by atoms with Gasteiger partial charge in [-0.05, 0) is 42.0 Å². The molecule has 0 aliphatic heterocycles. The van der Waals surface area contributed by atoms with Crippen molar-refractivity contribution >= 4 is 11.6 Å². The zero-order chi connectivity index (χ0) is 18.5. The van der Waals surface area contributed by atoms with Crippen LogP contribution in [0.1, 0.15) is 6.42 Å². The number of rotatable bonds is 7. The van der Waals surface area contributed by atoms with Crippen molar-refractivity contribution in [2.24, 2.45) is 5.73 Å². The molecule has 136 valence electrons. The lowest BCUT2D eigenvalue weighted by molar-refractivity contribution is 0.265. The van der Waals surface area contributed by atoms with E-state index in [9.17, 15) is 4.39 Å². The van der Waals surface area contributed by atoms with Crippen LogP contribution in [0.25, 0.3) is 11.4 Å². The number of hydrogen-bond donors (Lipinski definition) is 2. The maximum absolute atomic E-state index is 13.7. The molecule has 0 unspecified atom stereocenters. The van der Waals surface area contributed by atoms with Crippen molar-refractivity contribution in [2.75, 3.05) is 6.61 Å². The van der Waals surface area contributed by atoms with Crippen LogP contribution < -0.4 is 10.5 Å². The number of aliphatic hydroxyl groups is 1. The standard InChI is InChI=1S/C16H16ClFN6O2/c17-11-7-14(18)16(20-8-11)26-13-3-1-10(2-4-13)15-21-23-24(22-15)9-12(19)5-6-25/h1-4,7-8,12,25H,5-6,9,19H2/t12-/m0/s1. The molecule has 0 aliphatic carbocycles. The monoisotopic (exact) mass is 378 g/mol. The predicted molar refractivity (Wildman–Crippen MR) is 92.2 cm³/mol. The van der Waals surface area contributed by atoms with Gasteiger partial charge in [-0.3, -0.25) is 0 Å². The van der Waals surface area contributed by atoms with Crippen LogP contribution in [0.3, 0.4) is 0 Å². The van der Waals surface area contributed by atoms with Crippen molar-refractivity contribution in [1.82, 2.24) is 25.2 Å². The molecule has 26 heavy (non-hydrogen) atoms. The van der Waals surface area contributed by atoms with Crippen molar-refractivity contribution in [2.45, 2.75) is 19.0 Å². The summed E-state index contributed by atoms with van der Waals surface area (Å²) >= 11 is 5.66. The maximum Gasteiger partial charge on any atom is 0.255 e. The first-order valence-corrected chi connectivity index (χ1v) is 8.16. The van der Waals surface area contributed by atoms with Crippen LogP contribution in [0.5, 0.6) is 11.6 Å². The first-order chi connectivity index (χ1) is 12.5. The van der Waals surface area contributed by atoms with Crippen LogP contribution in [-0.4, -0.2) is 42.9 Å². The maximum atomic E-state index is 13.7. The molecule has 10 heteroatoms. The zero-order valence-corrected chi connectivity index (χ0v) is 14.3. The zero-order valence-electron chi connectivity index (χ0n) is 13.6. The highest BCUT2D eigenvalue weighted by Crippen LogP contribution is 2.25. The van der Waals surface area contributed by atoms with E-state index in [4.69, 9.17) is 27.2 Å². The quantitative estimate of drug-likeness (QED) is 0.646. The highest BCUT2D eigenvalue weighted by Gasteiger charge is 2.11. The van der Waals surface area contributed by atoms with Gasteiger partial charge in [-0.2, -0.15) is 4.80 Å². The van der Waals surface area contributed by atoms with E-state index in [1.807, 2.05) is 0 Å². The molecular weight excluding hydrogens is 363 g/mol. The first-order valence-electron chi connectivity index (χ1n) is 7.78. The highest BCUT2D eigenvalue weighted by atomic mass is 35.5. The van der Waals surface area contributed by atoms with Crippen LogP contribution in [0, 0.1) is 5.82 Å². The minimum Gasteiger partial charge on any atom is -0.436 e. The van der Waals surface area contributed by atoms with Crippen molar-refractivity contribution in [3.05, 3.63) is 47.4 Å². The molecule has 0 spiro atoms. The smallest absolute Gasteiger partial charge is 0.255 e. The molecule has 3 aromatic rings. The molecule has 3 rings (SSSR count). The summed E-state index contributed by atoms with van der Waals surface area (Å²) in [5.74, 6) is 0.0119. The van der Waals surface area contributed by atoms with Crippen molar-refractivity contribution < 1.29 is 14.2 Å². The fourth-order valence-corrected chi connectivity index (χ4v) is 2.31. The molecule has 1 aromatic carbocycles. The Hall–Kier alpha value is -2.62. The summed E-state index contributed by atoms with van der Waals surface area (Å²) in [4.78, 5) is 5.18. The number of nitrogens with zero attached hydrogens (tertiary/aromatic N) is 5. The summed E-state index contributed by atoms with van der Waals surface area (Å²) in [6.45, 7) is 0.365. The fraction of sp³-hybridized carbons (Fsp3) is 0.250. The van der Waals surface area contributed by atoms with Crippen LogP contribution in [0.4, 0.5) is 4.39 Å². The van der Waals surface area contributed by atoms with Gasteiger partial charge in [0.25, 0.3) is 5.88 Å². The molecule has 2 aromatic heterocycles. The van der Waals surface area contributed by atoms with E-state index >= 15 is 0 Å². The summed E-state index contributed by atoms with van der Waals surface area (Å²) in [5.41, 5.74) is 6.54. The Morgan fingerprint density at radius 1 is 1.31 bits per heavy atom. The van der Waals surface area contributed by atoms with Gasteiger partial charge in [0.2, 0.25) is 5.82 Å². The Kier molecular flexibility index (Phi) is 5.71. The number of hydrogen-bond acceptors (Lipinski definition) is 7. The SMILES string of the molecule is N[C@@H](CCO)Cn1nnc(-c2ccc(Oc3ncc(Cl)cc3F)cc2)n1. The average molecular weight is 379 g/mol. The Bertz CT molecular complexity index is 873. The largest absolute Gasteiger partial charge is 0.436 e. The summed E-state index contributed by atoms with van der Waals surface area (Å²) in [6, 6.07) is 7.60. The van der Waals surface area contributed by atoms with Crippen molar-refractivity contribution in [3.63, 3.8) is 0 Å². The number of aromatic nitrogens is 5. The van der Waals surface area contributed by atoms with Gasteiger partial charge in [-0.15, -0.1) is 10.2 Å². The lowest BCUT2D eigenvalue weighted by Gasteiger charge is -2.07. The molecule has 0 radical (unpaired) electrons. The molecule has 0 saturated heterocycles. The van der Waals surface area contributed by atoms with Gasteiger partial charge in [0.1, 0.15) is 5.75 Å². The second-order valence-corrected chi connectivity index (χ2v) is 5.94. The average Bonchev–Trinajstić information content (AvgIpc) is 3.06. The Balaban J connectivity index is 1.68. The van der Waals surface area contributed by atoms with Gasteiger partial charge < -0.3 is 15.6 Å². The molecule has 0 bridgehead atoms. The van der Waals surface area contributed by atoms with Crippen molar-refractivity contribution in [3.8, 4) is 23.0 Å². The fourth-order valence-electron chi connectivity index (χ4n) is 2.16. The third kappa shape index (κ3) is 4.51. The lowest BCUT2D eigenvalue weighted by atomic mass is 10.2. The predicted octanol–water partition coefficient (Wildman–Crippen LogP) is 2.03. The minimum atomic E-state index is -0.648. The summed E-state index contributed by atoms with van der Waals surface area (Å²) in [6.07, 6.45) is 1.76. The van der Waals surface area contributed by atoms with Crippen molar-refractivity contribution in [1.29, 1.82) is 0 Å². The van der Waals surface area contributed by atoms with E-state index in [2.05, 4.69) is 20.4 Å². The van der Waals surface area contributed by atoms with Gasteiger partial charge in [-0.25, -0.2) is 9.37 Å². The first kappa shape index (κ1) is 18.2.